The van der Waals surface area contributed by atoms with E-state index in [0.29, 0.717) is 23.8 Å². The maximum absolute atomic E-state index is 12.5. The fourth-order valence-corrected chi connectivity index (χ4v) is 2.85. The Balaban J connectivity index is 1.63. The van der Waals surface area contributed by atoms with Crippen LogP contribution in [-0.4, -0.2) is 40.2 Å². The molecule has 122 valence electrons. The monoisotopic (exact) mass is 315 g/mol. The normalized spacial score (nSPS) is 18.0. The molecule has 1 unspecified atom stereocenters. The third-order valence-corrected chi connectivity index (χ3v) is 3.96. The van der Waals surface area contributed by atoms with E-state index in [1.165, 1.54) is 6.20 Å². The third kappa shape index (κ3) is 3.67. The van der Waals surface area contributed by atoms with Gasteiger partial charge < -0.3 is 14.7 Å². The van der Waals surface area contributed by atoms with Gasteiger partial charge in [-0.25, -0.2) is 9.97 Å². The van der Waals surface area contributed by atoms with Crippen molar-refractivity contribution in [1.82, 2.24) is 20.4 Å². The molecule has 1 amide bonds. The van der Waals surface area contributed by atoms with Gasteiger partial charge in [-0.2, -0.15) is 0 Å². The standard InChI is InChI=1S/C16H21N5O2/c1-2-5-14-13(10-19-23-14)15(22)20-12-6-3-9-21(11-12)16-17-7-4-8-18-16/h4,7-8,10,12H,2-3,5-6,9,11H2,1H3,(H,20,22). The van der Waals surface area contributed by atoms with Crippen LogP contribution in [0.3, 0.4) is 0 Å². The van der Waals surface area contributed by atoms with Crippen LogP contribution in [0.4, 0.5) is 5.95 Å². The number of piperidine rings is 1. The van der Waals surface area contributed by atoms with Crippen molar-refractivity contribution in [3.63, 3.8) is 0 Å². The minimum absolute atomic E-state index is 0.0735. The Morgan fingerprint density at radius 2 is 2.26 bits per heavy atom. The van der Waals surface area contributed by atoms with E-state index in [0.717, 1.165) is 32.2 Å². The average molecular weight is 315 g/mol. The summed E-state index contributed by atoms with van der Waals surface area (Å²) in [6.07, 6.45) is 8.55. The lowest BCUT2D eigenvalue weighted by atomic mass is 10.1. The second kappa shape index (κ2) is 7.21. The summed E-state index contributed by atoms with van der Waals surface area (Å²) in [5.74, 6) is 1.25. The van der Waals surface area contributed by atoms with Crippen LogP contribution in [0.1, 0.15) is 42.3 Å². The first kappa shape index (κ1) is 15.5. The Morgan fingerprint density at radius 3 is 3.04 bits per heavy atom. The molecule has 0 spiro atoms. The molecule has 3 rings (SSSR count). The summed E-state index contributed by atoms with van der Waals surface area (Å²) in [5, 5.41) is 6.83. The Labute approximate surface area is 135 Å². The van der Waals surface area contributed by atoms with Gasteiger partial charge in [0.1, 0.15) is 11.3 Å². The van der Waals surface area contributed by atoms with Gasteiger partial charge in [0, 0.05) is 37.9 Å². The zero-order valence-corrected chi connectivity index (χ0v) is 13.2. The van der Waals surface area contributed by atoms with Gasteiger partial charge in [-0.1, -0.05) is 12.1 Å². The largest absolute Gasteiger partial charge is 0.361 e. The molecule has 1 atom stereocenters. The number of anilines is 1. The smallest absolute Gasteiger partial charge is 0.256 e. The number of nitrogens with zero attached hydrogens (tertiary/aromatic N) is 4. The van der Waals surface area contributed by atoms with Crippen molar-refractivity contribution >= 4 is 11.9 Å². The summed E-state index contributed by atoms with van der Waals surface area (Å²) < 4.78 is 5.16. The molecule has 1 aliphatic rings. The zero-order chi connectivity index (χ0) is 16.1. The van der Waals surface area contributed by atoms with Crippen LogP contribution >= 0.6 is 0 Å². The van der Waals surface area contributed by atoms with Crippen LogP contribution in [0.25, 0.3) is 0 Å². The second-order valence-electron chi connectivity index (χ2n) is 5.72. The van der Waals surface area contributed by atoms with E-state index in [1.54, 1.807) is 18.5 Å². The minimum atomic E-state index is -0.115. The summed E-state index contributed by atoms with van der Waals surface area (Å²) in [4.78, 5) is 23.1. The molecule has 2 aromatic heterocycles. The highest BCUT2D eigenvalue weighted by Gasteiger charge is 2.25. The fraction of sp³-hybridized carbons (Fsp3) is 0.500. The van der Waals surface area contributed by atoms with Crippen molar-refractivity contribution in [2.24, 2.45) is 0 Å². The molecule has 0 saturated carbocycles. The van der Waals surface area contributed by atoms with Crippen molar-refractivity contribution in [3.05, 3.63) is 36.0 Å². The van der Waals surface area contributed by atoms with Crippen molar-refractivity contribution in [2.45, 2.75) is 38.6 Å². The number of rotatable bonds is 5. The Kier molecular flexibility index (Phi) is 4.85. The second-order valence-corrected chi connectivity index (χ2v) is 5.72. The van der Waals surface area contributed by atoms with Crippen LogP contribution < -0.4 is 10.2 Å². The number of carbonyl (C=O) groups is 1. The van der Waals surface area contributed by atoms with E-state index in [2.05, 4.69) is 25.3 Å². The molecule has 1 saturated heterocycles. The molecule has 1 aliphatic heterocycles. The molecule has 7 nitrogen and oxygen atoms in total. The van der Waals surface area contributed by atoms with Gasteiger partial charge in [0.2, 0.25) is 5.95 Å². The van der Waals surface area contributed by atoms with Crippen LogP contribution in [0.2, 0.25) is 0 Å². The first-order valence-electron chi connectivity index (χ1n) is 8.04. The summed E-state index contributed by atoms with van der Waals surface area (Å²) in [7, 11) is 0. The lowest BCUT2D eigenvalue weighted by Crippen LogP contribution is -2.48. The number of aryl methyl sites for hydroxylation is 1. The molecule has 2 aromatic rings. The first-order chi connectivity index (χ1) is 11.3. The molecular formula is C16H21N5O2. The SMILES string of the molecule is CCCc1oncc1C(=O)NC1CCCN(c2ncccn2)C1. The number of nitrogens with one attached hydrogen (secondary N) is 1. The maximum atomic E-state index is 12.5. The molecule has 0 aliphatic carbocycles. The van der Waals surface area contributed by atoms with E-state index in [4.69, 9.17) is 4.52 Å². The lowest BCUT2D eigenvalue weighted by molar-refractivity contribution is 0.0931. The summed E-state index contributed by atoms with van der Waals surface area (Å²) in [5.41, 5.74) is 0.542. The molecule has 1 N–H and O–H groups in total. The highest BCUT2D eigenvalue weighted by Crippen LogP contribution is 2.16. The van der Waals surface area contributed by atoms with E-state index in [1.807, 2.05) is 6.92 Å². The topological polar surface area (TPSA) is 84.2 Å². The highest BCUT2D eigenvalue weighted by atomic mass is 16.5. The van der Waals surface area contributed by atoms with Crippen molar-refractivity contribution in [1.29, 1.82) is 0 Å². The Hall–Kier alpha value is -2.44. The molecule has 0 radical (unpaired) electrons. The van der Waals surface area contributed by atoms with Gasteiger partial charge in [-0.05, 0) is 25.3 Å². The van der Waals surface area contributed by atoms with Crippen LogP contribution in [0.5, 0.6) is 0 Å². The highest BCUT2D eigenvalue weighted by molar-refractivity contribution is 5.95. The predicted molar refractivity (Wildman–Crippen MR) is 85.2 cm³/mol. The van der Waals surface area contributed by atoms with E-state index in [-0.39, 0.29) is 11.9 Å². The lowest BCUT2D eigenvalue weighted by Gasteiger charge is -2.33. The molecule has 1 fully saturated rings. The average Bonchev–Trinajstić information content (AvgIpc) is 3.05. The third-order valence-electron chi connectivity index (χ3n) is 3.96. The molecule has 0 bridgehead atoms. The Morgan fingerprint density at radius 1 is 1.43 bits per heavy atom. The molecule has 7 heteroatoms. The van der Waals surface area contributed by atoms with Crippen molar-refractivity contribution in [3.8, 4) is 0 Å². The number of aromatic nitrogens is 3. The molecular weight excluding hydrogens is 294 g/mol. The maximum Gasteiger partial charge on any atom is 0.256 e. The van der Waals surface area contributed by atoms with Gasteiger partial charge in [-0.15, -0.1) is 0 Å². The van der Waals surface area contributed by atoms with E-state index in [9.17, 15) is 4.79 Å². The zero-order valence-electron chi connectivity index (χ0n) is 13.2. The molecule has 23 heavy (non-hydrogen) atoms. The van der Waals surface area contributed by atoms with E-state index >= 15 is 0 Å². The van der Waals surface area contributed by atoms with Crippen LogP contribution in [0, 0.1) is 0 Å². The van der Waals surface area contributed by atoms with Gasteiger partial charge in [0.25, 0.3) is 5.91 Å². The van der Waals surface area contributed by atoms with E-state index < -0.39 is 0 Å². The summed E-state index contributed by atoms with van der Waals surface area (Å²) in [6.45, 7) is 3.66. The number of hydrogen-bond donors (Lipinski definition) is 1. The van der Waals surface area contributed by atoms with Gasteiger partial charge >= 0.3 is 0 Å². The molecule has 3 heterocycles. The van der Waals surface area contributed by atoms with Crippen molar-refractivity contribution in [2.75, 3.05) is 18.0 Å². The van der Waals surface area contributed by atoms with Gasteiger partial charge in [0.05, 0.1) is 6.20 Å². The summed E-state index contributed by atoms with van der Waals surface area (Å²) >= 11 is 0. The van der Waals surface area contributed by atoms with Crippen LogP contribution in [-0.2, 0) is 6.42 Å². The Bertz CT molecular complexity index is 643. The summed E-state index contributed by atoms with van der Waals surface area (Å²) in [6, 6.07) is 1.87. The van der Waals surface area contributed by atoms with Gasteiger partial charge in [0.15, 0.2) is 0 Å². The number of amides is 1. The minimum Gasteiger partial charge on any atom is -0.361 e. The van der Waals surface area contributed by atoms with Crippen molar-refractivity contribution < 1.29 is 9.32 Å². The molecule has 0 aromatic carbocycles. The first-order valence-corrected chi connectivity index (χ1v) is 8.04. The van der Waals surface area contributed by atoms with Gasteiger partial charge in [-0.3, -0.25) is 4.79 Å². The fourth-order valence-electron chi connectivity index (χ4n) is 2.85. The number of hydrogen-bond acceptors (Lipinski definition) is 6. The quantitative estimate of drug-likeness (QED) is 0.906. The van der Waals surface area contributed by atoms with Crippen LogP contribution in [0.15, 0.2) is 29.2 Å². The predicted octanol–water partition coefficient (Wildman–Crippen LogP) is 1.82. The number of carbonyl (C=O) groups excluding carboxylic acids is 1.